The molecule has 0 heterocycles. The van der Waals surface area contributed by atoms with Crippen LogP contribution in [-0.4, -0.2) is 5.78 Å². The van der Waals surface area contributed by atoms with E-state index in [0.717, 1.165) is 18.4 Å². The van der Waals surface area contributed by atoms with Gasteiger partial charge in [0.25, 0.3) is 0 Å². The lowest BCUT2D eigenvalue weighted by molar-refractivity contribution is -0.111. The summed E-state index contributed by atoms with van der Waals surface area (Å²) in [5, 5.41) is 0.441. The van der Waals surface area contributed by atoms with Crippen molar-refractivity contribution in [3.63, 3.8) is 0 Å². The molecule has 2 heteroatoms. The molecule has 0 bridgehead atoms. The molecule has 0 amide bonds. The predicted octanol–water partition coefficient (Wildman–Crippen LogP) is 6.96. The Hall–Kier alpha value is -0.560. The first-order valence-electron chi connectivity index (χ1n) is 9.32. The SMILES string of the molecule is CCCCCC/C=C1\C(=O)C(Cl)=CC1CCCCCCCC. The number of halogens is 1. The molecule has 0 aromatic heterocycles. The van der Waals surface area contributed by atoms with E-state index in [1.807, 2.05) is 6.08 Å². The van der Waals surface area contributed by atoms with Crippen molar-refractivity contribution < 1.29 is 4.79 Å². The molecule has 1 aliphatic carbocycles. The van der Waals surface area contributed by atoms with Crippen molar-refractivity contribution >= 4 is 17.4 Å². The fraction of sp³-hybridized carbons (Fsp3) is 0.750. The number of carbonyl (C=O) groups is 1. The number of Topliss-reactive ketones (excluding diaryl/α,β-unsaturated/α-hetero) is 1. The molecule has 1 nitrogen and oxygen atoms in total. The zero-order valence-electron chi connectivity index (χ0n) is 14.5. The van der Waals surface area contributed by atoms with Crippen molar-refractivity contribution in [2.75, 3.05) is 0 Å². The highest BCUT2D eigenvalue weighted by atomic mass is 35.5. The van der Waals surface area contributed by atoms with Crippen LogP contribution in [0.3, 0.4) is 0 Å². The molecule has 0 aromatic rings. The van der Waals surface area contributed by atoms with Crippen molar-refractivity contribution in [1.29, 1.82) is 0 Å². The summed E-state index contributed by atoms with van der Waals surface area (Å²) in [6, 6.07) is 0. The molecule has 0 saturated heterocycles. The van der Waals surface area contributed by atoms with Gasteiger partial charge in [0, 0.05) is 11.5 Å². The van der Waals surface area contributed by atoms with Gasteiger partial charge in [0.05, 0.1) is 5.03 Å². The molecule has 126 valence electrons. The van der Waals surface area contributed by atoms with Gasteiger partial charge in [0.1, 0.15) is 0 Å². The first-order valence-corrected chi connectivity index (χ1v) is 9.70. The second kappa shape index (κ2) is 11.9. The van der Waals surface area contributed by atoms with E-state index in [1.165, 1.54) is 64.2 Å². The summed E-state index contributed by atoms with van der Waals surface area (Å²) in [6.45, 7) is 4.47. The van der Waals surface area contributed by atoms with Crippen molar-refractivity contribution in [2.45, 2.75) is 90.9 Å². The highest BCUT2D eigenvalue weighted by Gasteiger charge is 2.27. The van der Waals surface area contributed by atoms with Gasteiger partial charge in [0.2, 0.25) is 0 Å². The van der Waals surface area contributed by atoms with Crippen molar-refractivity contribution in [3.8, 4) is 0 Å². The topological polar surface area (TPSA) is 17.1 Å². The van der Waals surface area contributed by atoms with E-state index >= 15 is 0 Å². The summed E-state index contributed by atoms with van der Waals surface area (Å²) in [4.78, 5) is 12.1. The fourth-order valence-electron chi connectivity index (χ4n) is 3.10. The molecule has 0 spiro atoms. The maximum Gasteiger partial charge on any atom is 0.200 e. The van der Waals surface area contributed by atoms with Crippen LogP contribution >= 0.6 is 11.6 Å². The van der Waals surface area contributed by atoms with Gasteiger partial charge in [-0.1, -0.05) is 95.4 Å². The standard InChI is InChI=1S/C20H33ClO/c1-3-5-7-9-11-12-14-17-16-19(21)20(22)18(17)15-13-10-8-6-4-2/h15-17H,3-14H2,1-2H3/b18-15-. The monoisotopic (exact) mass is 324 g/mol. The Morgan fingerprint density at radius 3 is 2.23 bits per heavy atom. The van der Waals surface area contributed by atoms with E-state index in [1.54, 1.807) is 0 Å². The minimum Gasteiger partial charge on any atom is -0.288 e. The maximum atomic E-state index is 12.1. The Bertz CT molecular complexity index is 381. The third-order valence-corrected chi connectivity index (χ3v) is 4.81. The van der Waals surface area contributed by atoms with Gasteiger partial charge in [-0.25, -0.2) is 0 Å². The molecule has 1 unspecified atom stereocenters. The van der Waals surface area contributed by atoms with E-state index in [2.05, 4.69) is 19.9 Å². The fourth-order valence-corrected chi connectivity index (χ4v) is 3.37. The molecule has 22 heavy (non-hydrogen) atoms. The molecule has 0 N–H and O–H groups in total. The summed E-state index contributed by atoms with van der Waals surface area (Å²) in [6.07, 6.45) is 19.0. The Labute approximate surface area is 142 Å². The van der Waals surface area contributed by atoms with Crippen LogP contribution < -0.4 is 0 Å². The van der Waals surface area contributed by atoms with Crippen LogP contribution in [0.25, 0.3) is 0 Å². The zero-order chi connectivity index (χ0) is 16.2. The molecule has 0 radical (unpaired) electrons. The lowest BCUT2D eigenvalue weighted by Gasteiger charge is -2.10. The van der Waals surface area contributed by atoms with Gasteiger partial charge >= 0.3 is 0 Å². The number of ketones is 1. The van der Waals surface area contributed by atoms with Gasteiger partial charge in [-0.3, -0.25) is 4.79 Å². The molecule has 0 aromatic carbocycles. The lowest BCUT2D eigenvalue weighted by Crippen LogP contribution is -2.04. The average Bonchev–Trinajstić information content (AvgIpc) is 2.78. The number of hydrogen-bond acceptors (Lipinski definition) is 1. The summed E-state index contributed by atoms with van der Waals surface area (Å²) < 4.78 is 0. The smallest absolute Gasteiger partial charge is 0.200 e. The van der Waals surface area contributed by atoms with Crippen LogP contribution in [0.5, 0.6) is 0 Å². The van der Waals surface area contributed by atoms with Gasteiger partial charge in [-0.15, -0.1) is 0 Å². The van der Waals surface area contributed by atoms with Gasteiger partial charge < -0.3 is 0 Å². The van der Waals surface area contributed by atoms with Crippen molar-refractivity contribution in [2.24, 2.45) is 5.92 Å². The number of carbonyl (C=O) groups excluding carboxylic acids is 1. The van der Waals surface area contributed by atoms with Gasteiger partial charge in [0.15, 0.2) is 5.78 Å². The minimum absolute atomic E-state index is 0.0770. The van der Waals surface area contributed by atoms with Crippen LogP contribution in [0.15, 0.2) is 22.8 Å². The summed E-state index contributed by atoms with van der Waals surface area (Å²) in [5.41, 5.74) is 0.968. The molecule has 1 atom stereocenters. The maximum absolute atomic E-state index is 12.1. The van der Waals surface area contributed by atoms with Gasteiger partial charge in [-0.05, 0) is 19.3 Å². The molecule has 1 aliphatic rings. The second-order valence-electron chi connectivity index (χ2n) is 6.52. The summed E-state index contributed by atoms with van der Waals surface area (Å²) in [5.74, 6) is 0.352. The third kappa shape index (κ3) is 7.13. The van der Waals surface area contributed by atoms with Crippen LogP contribution in [0.4, 0.5) is 0 Å². The Balaban J connectivity index is 2.34. The van der Waals surface area contributed by atoms with Gasteiger partial charge in [-0.2, -0.15) is 0 Å². The molecule has 0 aliphatic heterocycles. The van der Waals surface area contributed by atoms with Crippen LogP contribution in [0.1, 0.15) is 90.9 Å². The van der Waals surface area contributed by atoms with E-state index in [4.69, 9.17) is 11.6 Å². The summed E-state index contributed by atoms with van der Waals surface area (Å²) >= 11 is 6.07. The third-order valence-electron chi connectivity index (χ3n) is 4.52. The number of hydrogen-bond donors (Lipinski definition) is 0. The number of allylic oxidation sites excluding steroid dienone is 4. The van der Waals surface area contributed by atoms with Crippen molar-refractivity contribution in [1.82, 2.24) is 0 Å². The normalized spacial score (nSPS) is 20.0. The Kier molecular flexibility index (Phi) is 10.6. The zero-order valence-corrected chi connectivity index (χ0v) is 15.3. The van der Waals surface area contributed by atoms with E-state index in [0.29, 0.717) is 5.03 Å². The highest BCUT2D eigenvalue weighted by Crippen LogP contribution is 2.33. The lowest BCUT2D eigenvalue weighted by atomic mass is 9.94. The Morgan fingerprint density at radius 2 is 1.55 bits per heavy atom. The molecular weight excluding hydrogens is 292 g/mol. The molecule has 0 fully saturated rings. The van der Waals surface area contributed by atoms with Crippen LogP contribution in [-0.2, 0) is 4.79 Å². The summed E-state index contributed by atoms with van der Waals surface area (Å²) in [7, 11) is 0. The van der Waals surface area contributed by atoms with Crippen LogP contribution in [0.2, 0.25) is 0 Å². The first kappa shape index (κ1) is 19.5. The predicted molar refractivity (Wildman–Crippen MR) is 97.3 cm³/mol. The average molecular weight is 325 g/mol. The minimum atomic E-state index is 0.0770. The quantitative estimate of drug-likeness (QED) is 0.280. The molecular formula is C20H33ClO. The van der Waals surface area contributed by atoms with Crippen molar-refractivity contribution in [3.05, 3.63) is 22.8 Å². The largest absolute Gasteiger partial charge is 0.288 e. The number of rotatable bonds is 12. The highest BCUT2D eigenvalue weighted by molar-refractivity contribution is 6.46. The van der Waals surface area contributed by atoms with E-state index < -0.39 is 0 Å². The van der Waals surface area contributed by atoms with E-state index in [9.17, 15) is 4.79 Å². The number of unbranched alkanes of at least 4 members (excludes halogenated alkanes) is 9. The Morgan fingerprint density at radius 1 is 0.955 bits per heavy atom. The van der Waals surface area contributed by atoms with E-state index in [-0.39, 0.29) is 11.7 Å². The second-order valence-corrected chi connectivity index (χ2v) is 6.92. The van der Waals surface area contributed by atoms with Crippen LogP contribution in [0, 0.1) is 5.92 Å². The molecule has 1 rings (SSSR count). The molecule has 0 saturated carbocycles. The first-order chi connectivity index (χ1) is 10.7.